The van der Waals surface area contributed by atoms with Crippen LogP contribution >= 0.6 is 11.8 Å². The Morgan fingerprint density at radius 3 is 2.56 bits per heavy atom. The highest BCUT2D eigenvalue weighted by molar-refractivity contribution is 8.00. The molecule has 0 aromatic rings. The van der Waals surface area contributed by atoms with Crippen molar-refractivity contribution in [3.05, 3.63) is 0 Å². The highest BCUT2D eigenvalue weighted by atomic mass is 32.2. The Labute approximate surface area is 116 Å². The molecule has 2 unspecified atom stereocenters. The van der Waals surface area contributed by atoms with Gasteiger partial charge in [-0.15, -0.1) is 0 Å². The van der Waals surface area contributed by atoms with Gasteiger partial charge in [-0.1, -0.05) is 6.92 Å². The maximum atomic E-state index is 6.10. The van der Waals surface area contributed by atoms with Gasteiger partial charge in [0.15, 0.2) is 0 Å². The third-order valence-corrected chi connectivity index (χ3v) is 6.30. The quantitative estimate of drug-likeness (QED) is 0.839. The number of likely N-dealkylation sites (N-methyl/N-ethyl adjacent to an activating group) is 1. The average Bonchev–Trinajstić information content (AvgIpc) is 2.75. The van der Waals surface area contributed by atoms with E-state index in [4.69, 9.17) is 5.73 Å². The maximum absolute atomic E-state index is 6.10. The molecule has 0 saturated carbocycles. The SMILES string of the molecule is CC1CC(CN)(N(C)CC2CCN(C)CC2)CS1. The van der Waals surface area contributed by atoms with Crippen molar-refractivity contribution < 1.29 is 0 Å². The minimum Gasteiger partial charge on any atom is -0.329 e. The second kappa shape index (κ2) is 6.12. The number of hydrogen-bond donors (Lipinski definition) is 1. The Morgan fingerprint density at radius 1 is 1.39 bits per heavy atom. The molecule has 0 radical (unpaired) electrons. The first kappa shape index (κ1) is 14.6. The minimum absolute atomic E-state index is 0.271. The minimum atomic E-state index is 0.271. The van der Waals surface area contributed by atoms with Gasteiger partial charge in [-0.3, -0.25) is 4.90 Å². The maximum Gasteiger partial charge on any atom is 0.0429 e. The molecule has 2 saturated heterocycles. The Kier molecular flexibility index (Phi) is 4.98. The molecule has 2 atom stereocenters. The molecule has 0 bridgehead atoms. The summed E-state index contributed by atoms with van der Waals surface area (Å²) in [6.07, 6.45) is 3.96. The number of nitrogens with zero attached hydrogens (tertiary/aromatic N) is 2. The van der Waals surface area contributed by atoms with E-state index in [0.29, 0.717) is 0 Å². The van der Waals surface area contributed by atoms with Crippen molar-refractivity contribution in [2.24, 2.45) is 11.7 Å². The van der Waals surface area contributed by atoms with Gasteiger partial charge in [0, 0.05) is 29.6 Å². The number of rotatable bonds is 4. The van der Waals surface area contributed by atoms with Crippen molar-refractivity contribution in [2.75, 3.05) is 46.0 Å². The normalized spacial score (nSPS) is 35.5. The van der Waals surface area contributed by atoms with Gasteiger partial charge in [-0.25, -0.2) is 0 Å². The molecular formula is C14H29N3S. The molecule has 2 fully saturated rings. The van der Waals surface area contributed by atoms with E-state index >= 15 is 0 Å². The summed E-state index contributed by atoms with van der Waals surface area (Å²) >= 11 is 2.09. The summed E-state index contributed by atoms with van der Waals surface area (Å²) in [7, 11) is 4.53. The van der Waals surface area contributed by atoms with Gasteiger partial charge in [0.1, 0.15) is 0 Å². The molecule has 0 aromatic carbocycles. The van der Waals surface area contributed by atoms with Gasteiger partial charge in [0.05, 0.1) is 0 Å². The molecule has 2 N–H and O–H groups in total. The highest BCUT2D eigenvalue weighted by Crippen LogP contribution is 2.38. The Hall–Kier alpha value is 0.230. The van der Waals surface area contributed by atoms with Crippen molar-refractivity contribution >= 4 is 11.8 Å². The van der Waals surface area contributed by atoms with Gasteiger partial charge >= 0.3 is 0 Å². The average molecular weight is 271 g/mol. The summed E-state index contributed by atoms with van der Waals surface area (Å²) in [6.45, 7) is 6.91. The Bertz CT molecular complexity index is 266. The molecule has 106 valence electrons. The van der Waals surface area contributed by atoms with E-state index in [1.807, 2.05) is 0 Å². The lowest BCUT2D eigenvalue weighted by molar-refractivity contribution is 0.0996. The molecule has 2 rings (SSSR count). The zero-order valence-corrected chi connectivity index (χ0v) is 13.0. The van der Waals surface area contributed by atoms with Crippen LogP contribution in [0.1, 0.15) is 26.2 Å². The van der Waals surface area contributed by atoms with Crippen LogP contribution in [0.25, 0.3) is 0 Å². The first-order valence-corrected chi connectivity index (χ1v) is 8.32. The van der Waals surface area contributed by atoms with Crippen LogP contribution in [-0.2, 0) is 0 Å². The summed E-state index contributed by atoms with van der Waals surface area (Å²) in [6, 6.07) is 0. The van der Waals surface area contributed by atoms with E-state index in [-0.39, 0.29) is 5.54 Å². The second-order valence-corrected chi connectivity index (χ2v) is 7.81. The van der Waals surface area contributed by atoms with Gasteiger partial charge < -0.3 is 10.6 Å². The van der Waals surface area contributed by atoms with Crippen molar-refractivity contribution in [2.45, 2.75) is 37.0 Å². The topological polar surface area (TPSA) is 32.5 Å². The summed E-state index contributed by atoms with van der Waals surface area (Å²) in [5.74, 6) is 2.09. The number of likely N-dealkylation sites (tertiary alicyclic amines) is 1. The van der Waals surface area contributed by atoms with Crippen LogP contribution < -0.4 is 5.73 Å². The van der Waals surface area contributed by atoms with Gasteiger partial charge in [-0.05, 0) is 52.4 Å². The smallest absolute Gasteiger partial charge is 0.0429 e. The van der Waals surface area contributed by atoms with Crippen LogP contribution in [-0.4, -0.2) is 66.6 Å². The predicted octanol–water partition coefficient (Wildman–Crippen LogP) is 1.48. The van der Waals surface area contributed by atoms with Gasteiger partial charge in [0.25, 0.3) is 0 Å². The van der Waals surface area contributed by atoms with Crippen molar-refractivity contribution in [1.29, 1.82) is 0 Å². The molecule has 2 aliphatic heterocycles. The fourth-order valence-electron chi connectivity index (χ4n) is 3.34. The molecule has 4 heteroatoms. The van der Waals surface area contributed by atoms with Crippen LogP contribution in [0.3, 0.4) is 0 Å². The molecule has 2 heterocycles. The third kappa shape index (κ3) is 3.21. The van der Waals surface area contributed by atoms with E-state index in [1.165, 1.54) is 44.6 Å². The zero-order chi connectivity index (χ0) is 13.2. The van der Waals surface area contributed by atoms with E-state index < -0.39 is 0 Å². The van der Waals surface area contributed by atoms with Gasteiger partial charge in [0.2, 0.25) is 0 Å². The lowest BCUT2D eigenvalue weighted by Gasteiger charge is -2.41. The summed E-state index contributed by atoms with van der Waals surface area (Å²) in [5, 5.41) is 0.772. The first-order valence-electron chi connectivity index (χ1n) is 7.27. The third-order valence-electron chi connectivity index (χ3n) is 4.86. The molecule has 0 aromatic heterocycles. The lowest BCUT2D eigenvalue weighted by atomic mass is 9.90. The molecule has 0 amide bonds. The fraction of sp³-hybridized carbons (Fsp3) is 1.00. The van der Waals surface area contributed by atoms with Crippen molar-refractivity contribution in [3.63, 3.8) is 0 Å². The molecule has 2 aliphatic rings. The van der Waals surface area contributed by atoms with E-state index in [1.54, 1.807) is 0 Å². The van der Waals surface area contributed by atoms with Crippen LogP contribution in [0.5, 0.6) is 0 Å². The molecule has 0 spiro atoms. The van der Waals surface area contributed by atoms with Crippen molar-refractivity contribution in [1.82, 2.24) is 9.80 Å². The standard InChI is InChI=1S/C14H29N3S/c1-12-8-14(10-15,11-18-12)17(3)9-13-4-6-16(2)7-5-13/h12-13H,4-11,15H2,1-3H3. The summed E-state index contributed by atoms with van der Waals surface area (Å²) in [5.41, 5.74) is 6.37. The number of thioether (sulfide) groups is 1. The molecule has 3 nitrogen and oxygen atoms in total. The Morgan fingerprint density at radius 2 is 2.06 bits per heavy atom. The summed E-state index contributed by atoms with van der Waals surface area (Å²) < 4.78 is 0. The fourth-order valence-corrected chi connectivity index (χ4v) is 4.82. The monoisotopic (exact) mass is 271 g/mol. The molecular weight excluding hydrogens is 242 g/mol. The lowest BCUT2D eigenvalue weighted by Crippen LogP contribution is -2.54. The zero-order valence-electron chi connectivity index (χ0n) is 12.2. The number of piperidine rings is 1. The van der Waals surface area contributed by atoms with Crippen LogP contribution in [0.2, 0.25) is 0 Å². The second-order valence-electron chi connectivity index (χ2n) is 6.38. The van der Waals surface area contributed by atoms with E-state index in [2.05, 4.69) is 42.6 Å². The van der Waals surface area contributed by atoms with Crippen LogP contribution in [0.4, 0.5) is 0 Å². The number of hydrogen-bond acceptors (Lipinski definition) is 4. The van der Waals surface area contributed by atoms with Gasteiger partial charge in [-0.2, -0.15) is 11.8 Å². The number of nitrogens with two attached hydrogens (primary N) is 1. The molecule has 0 aliphatic carbocycles. The highest BCUT2D eigenvalue weighted by Gasteiger charge is 2.40. The van der Waals surface area contributed by atoms with Crippen LogP contribution in [0, 0.1) is 5.92 Å². The van der Waals surface area contributed by atoms with Crippen molar-refractivity contribution in [3.8, 4) is 0 Å². The predicted molar refractivity (Wildman–Crippen MR) is 81.2 cm³/mol. The molecule has 18 heavy (non-hydrogen) atoms. The largest absolute Gasteiger partial charge is 0.329 e. The Balaban J connectivity index is 1.88. The van der Waals surface area contributed by atoms with E-state index in [0.717, 1.165) is 17.7 Å². The van der Waals surface area contributed by atoms with E-state index in [9.17, 15) is 0 Å². The summed E-state index contributed by atoms with van der Waals surface area (Å²) in [4.78, 5) is 5.03. The van der Waals surface area contributed by atoms with Crippen LogP contribution in [0.15, 0.2) is 0 Å². The first-order chi connectivity index (χ1) is 8.55.